The van der Waals surface area contributed by atoms with Crippen LogP contribution in [-0.4, -0.2) is 30.0 Å². The summed E-state index contributed by atoms with van der Waals surface area (Å²) < 4.78 is 5.31. The molecule has 1 saturated heterocycles. The summed E-state index contributed by atoms with van der Waals surface area (Å²) in [5.74, 6) is 1.02. The van der Waals surface area contributed by atoms with Gasteiger partial charge in [-0.25, -0.2) is 0 Å². The molecule has 1 rings (SSSR count). The predicted octanol–water partition coefficient (Wildman–Crippen LogP) is 1.10. The highest BCUT2D eigenvalue weighted by atomic mass is 32.2. The lowest BCUT2D eigenvalue weighted by atomic mass is 10.1. The van der Waals surface area contributed by atoms with Gasteiger partial charge in [-0.3, -0.25) is 0 Å². The Hall–Kier alpha value is -0.0200. The molecule has 0 aromatic heterocycles. The Kier molecular flexibility index (Phi) is 2.74. The van der Waals surface area contributed by atoms with Crippen LogP contribution in [0.3, 0.4) is 0 Å². The summed E-state index contributed by atoms with van der Waals surface area (Å²) in [6.07, 6.45) is 1.58. The second-order valence-corrected chi connectivity index (χ2v) is 4.40. The molecule has 0 saturated carbocycles. The van der Waals surface area contributed by atoms with Gasteiger partial charge in [-0.05, 0) is 6.92 Å². The van der Waals surface area contributed by atoms with E-state index < -0.39 is 0 Å². The highest BCUT2D eigenvalue weighted by Gasteiger charge is 2.27. The van der Waals surface area contributed by atoms with Gasteiger partial charge in [0.05, 0.1) is 13.2 Å². The molecule has 1 atom stereocenters. The fourth-order valence-corrected chi connectivity index (χ4v) is 2.02. The Morgan fingerprint density at radius 2 is 2.60 bits per heavy atom. The lowest BCUT2D eigenvalue weighted by molar-refractivity contribution is -0.108. The van der Waals surface area contributed by atoms with Crippen molar-refractivity contribution in [1.29, 1.82) is 0 Å². The molecule has 0 radical (unpaired) electrons. The highest BCUT2D eigenvalue weighted by Crippen LogP contribution is 2.30. The molecule has 0 spiro atoms. The van der Waals surface area contributed by atoms with Crippen molar-refractivity contribution in [1.82, 2.24) is 0 Å². The lowest BCUT2D eigenvalue weighted by Crippen LogP contribution is -2.33. The smallest absolute Gasteiger partial charge is 0.121 e. The third-order valence-corrected chi connectivity index (χ3v) is 2.95. The molecule has 1 aliphatic rings. The van der Waals surface area contributed by atoms with Gasteiger partial charge in [0.15, 0.2) is 0 Å². The predicted molar refractivity (Wildman–Crippen MR) is 42.4 cm³/mol. The number of hydrogen-bond donors (Lipinski definition) is 0. The maximum Gasteiger partial charge on any atom is 0.121 e. The van der Waals surface area contributed by atoms with Gasteiger partial charge >= 0.3 is 0 Å². The largest absolute Gasteiger partial charge is 0.379 e. The average molecular weight is 160 g/mol. The van der Waals surface area contributed by atoms with Crippen molar-refractivity contribution in [3.8, 4) is 0 Å². The van der Waals surface area contributed by atoms with Crippen LogP contribution in [0.2, 0.25) is 0 Å². The Morgan fingerprint density at radius 1 is 1.80 bits per heavy atom. The highest BCUT2D eigenvalue weighted by molar-refractivity contribution is 8.00. The minimum Gasteiger partial charge on any atom is -0.379 e. The van der Waals surface area contributed by atoms with Gasteiger partial charge in [-0.15, -0.1) is 0 Å². The van der Waals surface area contributed by atoms with Crippen LogP contribution in [0.5, 0.6) is 0 Å². The van der Waals surface area contributed by atoms with Gasteiger partial charge in [-0.1, -0.05) is 0 Å². The van der Waals surface area contributed by atoms with Crippen molar-refractivity contribution in [2.45, 2.75) is 18.1 Å². The van der Waals surface area contributed by atoms with Crippen LogP contribution in [0.25, 0.3) is 0 Å². The molecule has 0 aromatic carbocycles. The minimum absolute atomic E-state index is 0.0556. The molecule has 0 bridgehead atoms. The monoisotopic (exact) mass is 160 g/mol. The molecule has 0 N–H and O–H groups in total. The Balaban J connectivity index is 2.39. The van der Waals surface area contributed by atoms with Gasteiger partial charge in [0, 0.05) is 16.9 Å². The third kappa shape index (κ3) is 1.99. The first-order valence-electron chi connectivity index (χ1n) is 3.42. The zero-order valence-electron chi connectivity index (χ0n) is 6.13. The number of carbonyl (C=O) groups is 1. The molecule has 1 unspecified atom stereocenters. The minimum atomic E-state index is 0.0556. The quantitative estimate of drug-likeness (QED) is 0.566. The molecule has 1 heterocycles. The molecule has 0 aromatic rings. The molecule has 58 valence electrons. The zero-order chi connectivity index (χ0) is 7.45. The molecule has 1 aliphatic heterocycles. The van der Waals surface area contributed by atoms with Crippen LogP contribution < -0.4 is 0 Å². The summed E-state index contributed by atoms with van der Waals surface area (Å²) in [7, 11) is 0. The van der Waals surface area contributed by atoms with E-state index in [2.05, 4.69) is 6.92 Å². The average Bonchev–Trinajstić information content (AvgIpc) is 1.89. The van der Waals surface area contributed by atoms with E-state index in [9.17, 15) is 4.79 Å². The first kappa shape index (κ1) is 8.08. The normalized spacial score (nSPS) is 33.7. The summed E-state index contributed by atoms with van der Waals surface area (Å²) in [6, 6.07) is 0. The van der Waals surface area contributed by atoms with Crippen LogP contribution >= 0.6 is 11.8 Å². The number of carbonyl (C=O) groups excluding carboxylic acids is 1. The van der Waals surface area contributed by atoms with E-state index in [1.165, 1.54) is 0 Å². The second-order valence-electron chi connectivity index (χ2n) is 2.72. The maximum absolute atomic E-state index is 10.2. The molecule has 3 heteroatoms. The first-order valence-corrected chi connectivity index (χ1v) is 4.41. The zero-order valence-corrected chi connectivity index (χ0v) is 6.95. The summed E-state index contributed by atoms with van der Waals surface area (Å²) in [4.78, 5) is 10.2. The van der Waals surface area contributed by atoms with Crippen molar-refractivity contribution in [3.05, 3.63) is 0 Å². The molecule has 0 amide bonds. The van der Waals surface area contributed by atoms with Gasteiger partial charge in [-0.2, -0.15) is 11.8 Å². The van der Waals surface area contributed by atoms with Gasteiger partial charge in [0.1, 0.15) is 6.29 Å². The summed E-state index contributed by atoms with van der Waals surface area (Å²) in [5, 5.41) is 0. The Bertz CT molecular complexity index is 119. The number of ether oxygens (including phenoxy) is 1. The second kappa shape index (κ2) is 3.39. The van der Waals surface area contributed by atoms with Gasteiger partial charge in [0.2, 0.25) is 0 Å². The molecule has 0 aliphatic carbocycles. The van der Waals surface area contributed by atoms with Crippen molar-refractivity contribution >= 4 is 18.0 Å². The van der Waals surface area contributed by atoms with E-state index in [0.717, 1.165) is 25.3 Å². The topological polar surface area (TPSA) is 26.3 Å². The van der Waals surface area contributed by atoms with E-state index in [1.54, 1.807) is 0 Å². The van der Waals surface area contributed by atoms with Crippen molar-refractivity contribution in [2.24, 2.45) is 0 Å². The van der Waals surface area contributed by atoms with Crippen LogP contribution in [0.1, 0.15) is 13.3 Å². The molecular formula is C7H12O2S. The number of aldehydes is 1. The number of hydrogen-bond acceptors (Lipinski definition) is 3. The number of rotatable bonds is 2. The van der Waals surface area contributed by atoms with Crippen molar-refractivity contribution in [2.75, 3.05) is 19.0 Å². The lowest BCUT2D eigenvalue weighted by Gasteiger charge is -2.30. The SMILES string of the molecule is CC1(CC=O)COCCS1. The van der Waals surface area contributed by atoms with Crippen LogP contribution in [0.4, 0.5) is 0 Å². The summed E-state index contributed by atoms with van der Waals surface area (Å²) in [6.45, 7) is 3.63. The first-order chi connectivity index (χ1) is 4.77. The van der Waals surface area contributed by atoms with E-state index >= 15 is 0 Å². The van der Waals surface area contributed by atoms with Crippen LogP contribution in [0.15, 0.2) is 0 Å². The number of thioether (sulfide) groups is 1. The van der Waals surface area contributed by atoms with Crippen molar-refractivity contribution < 1.29 is 9.53 Å². The third-order valence-electron chi connectivity index (χ3n) is 1.60. The van der Waals surface area contributed by atoms with Crippen molar-refractivity contribution in [3.63, 3.8) is 0 Å². The van der Waals surface area contributed by atoms with E-state index in [1.807, 2.05) is 11.8 Å². The molecule has 10 heavy (non-hydrogen) atoms. The molecule has 2 nitrogen and oxygen atoms in total. The Labute approximate surface area is 65.3 Å². The fraction of sp³-hybridized carbons (Fsp3) is 0.857. The van der Waals surface area contributed by atoms with Gasteiger partial charge < -0.3 is 9.53 Å². The summed E-state index contributed by atoms with van der Waals surface area (Å²) in [5.41, 5.74) is 0. The summed E-state index contributed by atoms with van der Waals surface area (Å²) >= 11 is 1.83. The van der Waals surface area contributed by atoms with E-state index in [0.29, 0.717) is 6.42 Å². The van der Waals surface area contributed by atoms with E-state index in [4.69, 9.17) is 4.74 Å². The standard InChI is InChI=1S/C7H12O2S/c1-7(2-3-8)6-9-4-5-10-7/h3H,2,4-6H2,1H3. The maximum atomic E-state index is 10.2. The molecular weight excluding hydrogens is 148 g/mol. The fourth-order valence-electron chi connectivity index (χ4n) is 0.971. The molecule has 1 fully saturated rings. The van der Waals surface area contributed by atoms with E-state index in [-0.39, 0.29) is 4.75 Å². The Morgan fingerprint density at radius 3 is 3.10 bits per heavy atom. The van der Waals surface area contributed by atoms with Gasteiger partial charge in [0.25, 0.3) is 0 Å². The van der Waals surface area contributed by atoms with Crippen LogP contribution in [0, 0.1) is 0 Å². The van der Waals surface area contributed by atoms with Crippen LogP contribution in [-0.2, 0) is 9.53 Å².